The van der Waals surface area contributed by atoms with Crippen LogP contribution in [0.1, 0.15) is 34.8 Å². The summed E-state index contributed by atoms with van der Waals surface area (Å²) in [7, 11) is 0. The molecule has 0 radical (unpaired) electrons. The number of nitrogens with zero attached hydrogens (tertiary/aromatic N) is 1. The Morgan fingerprint density at radius 2 is 1.92 bits per heavy atom. The van der Waals surface area contributed by atoms with Crippen molar-refractivity contribution in [2.24, 2.45) is 0 Å². The van der Waals surface area contributed by atoms with Gasteiger partial charge in [-0.25, -0.2) is 4.79 Å². The fraction of sp³-hybridized carbons (Fsp3) is 0.300. The summed E-state index contributed by atoms with van der Waals surface area (Å²) < 4.78 is 0. The van der Waals surface area contributed by atoms with Gasteiger partial charge in [-0.2, -0.15) is 0 Å². The monoisotopic (exact) mass is 355 g/mol. The quantitative estimate of drug-likeness (QED) is 0.828. The van der Waals surface area contributed by atoms with E-state index in [1.54, 1.807) is 23.9 Å². The number of amides is 1. The van der Waals surface area contributed by atoms with E-state index >= 15 is 0 Å². The fourth-order valence-corrected chi connectivity index (χ4v) is 4.11. The average molecular weight is 355 g/mol. The molecule has 0 saturated carbocycles. The molecular weight excluding hydrogens is 334 g/mol. The predicted molar refractivity (Wildman–Crippen MR) is 98.9 cm³/mol. The number of thioether (sulfide) groups is 1. The van der Waals surface area contributed by atoms with Crippen LogP contribution < -0.4 is 0 Å². The molecule has 1 aliphatic heterocycles. The molecule has 1 heterocycles. The lowest BCUT2D eigenvalue weighted by Crippen LogP contribution is -2.41. The van der Waals surface area contributed by atoms with E-state index < -0.39 is 5.97 Å². The first-order valence-electron chi connectivity index (χ1n) is 8.44. The molecule has 1 aliphatic rings. The summed E-state index contributed by atoms with van der Waals surface area (Å²) >= 11 is 1.59. The topological polar surface area (TPSA) is 57.6 Å². The average Bonchev–Trinajstić information content (AvgIpc) is 2.65. The number of carbonyl (C=O) groups excluding carboxylic acids is 1. The molecule has 5 heteroatoms. The molecule has 1 amide bonds. The highest BCUT2D eigenvalue weighted by Crippen LogP contribution is 2.29. The summed E-state index contributed by atoms with van der Waals surface area (Å²) in [6, 6.07) is 15.2. The lowest BCUT2D eigenvalue weighted by atomic mass is 9.97. The van der Waals surface area contributed by atoms with Gasteiger partial charge in [0.15, 0.2) is 0 Å². The maximum atomic E-state index is 13.0. The third-order valence-electron chi connectivity index (χ3n) is 4.44. The molecule has 1 N–H and O–H groups in total. The molecule has 4 nitrogen and oxygen atoms in total. The Kier molecular flexibility index (Phi) is 5.43. The molecule has 0 bridgehead atoms. The summed E-state index contributed by atoms with van der Waals surface area (Å²) in [5.41, 5.74) is 2.36. The summed E-state index contributed by atoms with van der Waals surface area (Å²) in [4.78, 5) is 27.1. The van der Waals surface area contributed by atoms with Gasteiger partial charge in [0.25, 0.3) is 0 Å². The summed E-state index contributed by atoms with van der Waals surface area (Å²) in [6.45, 7) is 3.20. The number of fused-ring (bicyclic) bond motifs is 1. The van der Waals surface area contributed by atoms with Gasteiger partial charge in [-0.05, 0) is 48.2 Å². The zero-order valence-electron chi connectivity index (χ0n) is 14.1. The first-order chi connectivity index (χ1) is 12.1. The van der Waals surface area contributed by atoms with Gasteiger partial charge in [0, 0.05) is 18.0 Å². The van der Waals surface area contributed by atoms with E-state index in [2.05, 4.69) is 0 Å². The molecule has 130 valence electrons. The van der Waals surface area contributed by atoms with E-state index in [0.717, 1.165) is 28.9 Å². The van der Waals surface area contributed by atoms with Gasteiger partial charge in [-0.1, -0.05) is 31.2 Å². The number of carboxylic acid groups (broad SMARTS) is 1. The molecule has 1 atom stereocenters. The second kappa shape index (κ2) is 7.74. The third-order valence-corrected chi connectivity index (χ3v) is 5.81. The van der Waals surface area contributed by atoms with Crippen LogP contribution in [0.2, 0.25) is 0 Å². The fourth-order valence-electron chi connectivity index (χ4n) is 3.05. The highest BCUT2D eigenvalue weighted by molar-refractivity contribution is 8.00. The van der Waals surface area contributed by atoms with Crippen molar-refractivity contribution in [3.05, 3.63) is 65.2 Å². The number of aromatic carboxylic acids is 1. The van der Waals surface area contributed by atoms with Crippen LogP contribution in [0, 0.1) is 0 Å². The number of rotatable bonds is 5. The van der Waals surface area contributed by atoms with E-state index in [1.165, 1.54) is 0 Å². The summed E-state index contributed by atoms with van der Waals surface area (Å²) in [5.74, 6) is -0.806. The van der Waals surface area contributed by atoms with Crippen LogP contribution in [0.3, 0.4) is 0 Å². The van der Waals surface area contributed by atoms with Crippen molar-refractivity contribution in [3.63, 3.8) is 0 Å². The van der Waals surface area contributed by atoms with Crippen molar-refractivity contribution in [2.45, 2.75) is 36.5 Å². The molecule has 0 spiro atoms. The van der Waals surface area contributed by atoms with Gasteiger partial charge >= 0.3 is 5.97 Å². The number of hydrogen-bond donors (Lipinski definition) is 1. The first kappa shape index (κ1) is 17.5. The minimum absolute atomic E-state index is 0.119. The summed E-state index contributed by atoms with van der Waals surface area (Å²) in [5, 5.41) is 9.05. The maximum Gasteiger partial charge on any atom is 0.335 e. The van der Waals surface area contributed by atoms with Gasteiger partial charge < -0.3 is 10.0 Å². The second-order valence-electron chi connectivity index (χ2n) is 6.13. The smallest absolute Gasteiger partial charge is 0.335 e. The van der Waals surface area contributed by atoms with Gasteiger partial charge in [-0.15, -0.1) is 11.8 Å². The minimum Gasteiger partial charge on any atom is -0.478 e. The van der Waals surface area contributed by atoms with Crippen LogP contribution in [-0.4, -0.2) is 33.7 Å². The lowest BCUT2D eigenvalue weighted by molar-refractivity contribution is -0.131. The first-order valence-corrected chi connectivity index (χ1v) is 9.32. The van der Waals surface area contributed by atoms with Crippen molar-refractivity contribution in [1.82, 2.24) is 4.90 Å². The van der Waals surface area contributed by atoms with Gasteiger partial charge in [0.2, 0.25) is 5.91 Å². The van der Waals surface area contributed by atoms with Crippen molar-refractivity contribution in [2.75, 3.05) is 6.54 Å². The van der Waals surface area contributed by atoms with Crippen LogP contribution in [0.25, 0.3) is 0 Å². The van der Waals surface area contributed by atoms with Crippen LogP contribution in [0.15, 0.2) is 53.4 Å². The Balaban J connectivity index is 1.74. The number of benzene rings is 2. The van der Waals surface area contributed by atoms with Crippen LogP contribution in [0.4, 0.5) is 0 Å². The SMILES string of the molecule is CCC(Sc1ccccc1)C(=O)N1CCc2ccc(C(=O)O)cc2C1. The summed E-state index contributed by atoms with van der Waals surface area (Å²) in [6.07, 6.45) is 1.53. The van der Waals surface area contributed by atoms with Crippen molar-refractivity contribution in [1.29, 1.82) is 0 Å². The van der Waals surface area contributed by atoms with Crippen molar-refractivity contribution >= 4 is 23.6 Å². The third kappa shape index (κ3) is 4.04. The zero-order chi connectivity index (χ0) is 17.8. The molecule has 0 fully saturated rings. The molecule has 2 aromatic rings. The normalized spacial score (nSPS) is 14.7. The molecular formula is C20H21NO3S. The highest BCUT2D eigenvalue weighted by atomic mass is 32.2. The van der Waals surface area contributed by atoms with Crippen LogP contribution in [-0.2, 0) is 17.8 Å². The number of carboxylic acids is 1. The van der Waals surface area contributed by atoms with Gasteiger partial charge in [0.05, 0.1) is 10.8 Å². The van der Waals surface area contributed by atoms with Gasteiger partial charge in [-0.3, -0.25) is 4.79 Å². The molecule has 3 rings (SSSR count). The van der Waals surface area contributed by atoms with E-state index in [9.17, 15) is 9.59 Å². The Morgan fingerprint density at radius 3 is 2.60 bits per heavy atom. The van der Waals surface area contributed by atoms with Crippen molar-refractivity contribution in [3.8, 4) is 0 Å². The lowest BCUT2D eigenvalue weighted by Gasteiger charge is -2.31. The number of hydrogen-bond acceptors (Lipinski definition) is 3. The second-order valence-corrected chi connectivity index (χ2v) is 7.40. The molecule has 25 heavy (non-hydrogen) atoms. The molecule has 2 aromatic carbocycles. The molecule has 1 unspecified atom stereocenters. The zero-order valence-corrected chi connectivity index (χ0v) is 15.0. The van der Waals surface area contributed by atoms with E-state index in [4.69, 9.17) is 5.11 Å². The number of carbonyl (C=O) groups is 2. The Labute approximate surface area is 151 Å². The van der Waals surface area contributed by atoms with Crippen molar-refractivity contribution < 1.29 is 14.7 Å². The molecule has 0 saturated heterocycles. The highest BCUT2D eigenvalue weighted by Gasteiger charge is 2.27. The van der Waals surface area contributed by atoms with E-state index in [0.29, 0.717) is 13.1 Å². The minimum atomic E-state index is -0.933. The molecule has 0 aliphatic carbocycles. The Morgan fingerprint density at radius 1 is 1.16 bits per heavy atom. The van der Waals surface area contributed by atoms with Crippen LogP contribution in [0.5, 0.6) is 0 Å². The Hall–Kier alpha value is -2.27. The van der Waals surface area contributed by atoms with E-state index in [1.807, 2.05) is 48.2 Å². The maximum absolute atomic E-state index is 13.0. The van der Waals surface area contributed by atoms with E-state index in [-0.39, 0.29) is 16.7 Å². The standard InChI is InChI=1S/C20H21NO3S/c1-2-18(25-17-6-4-3-5-7-17)19(22)21-11-10-14-8-9-15(20(23)24)12-16(14)13-21/h3-9,12,18H,2,10-11,13H2,1H3,(H,23,24). The van der Waals surface area contributed by atoms with Gasteiger partial charge in [0.1, 0.15) is 0 Å². The van der Waals surface area contributed by atoms with Crippen LogP contribution >= 0.6 is 11.8 Å². The largest absolute Gasteiger partial charge is 0.478 e. The molecule has 0 aromatic heterocycles. The predicted octanol–water partition coefficient (Wildman–Crippen LogP) is 3.84. The Bertz CT molecular complexity index is 776.